The molecular formula is C20H21N3O3. The van der Waals surface area contributed by atoms with Crippen LogP contribution in [0.4, 0.5) is 0 Å². The van der Waals surface area contributed by atoms with Crippen molar-refractivity contribution >= 4 is 0 Å². The number of nitrogens with zero attached hydrogens (tertiary/aromatic N) is 3. The number of ether oxygens (including phenoxy) is 1. The summed E-state index contributed by atoms with van der Waals surface area (Å²) in [5.74, 6) is 1.89. The highest BCUT2D eigenvalue weighted by Gasteiger charge is 2.21. The van der Waals surface area contributed by atoms with Crippen LogP contribution in [0.3, 0.4) is 0 Å². The summed E-state index contributed by atoms with van der Waals surface area (Å²) in [5.41, 5.74) is 4.21. The van der Waals surface area contributed by atoms with Crippen LogP contribution >= 0.6 is 0 Å². The van der Waals surface area contributed by atoms with E-state index in [1.807, 2.05) is 12.1 Å². The van der Waals surface area contributed by atoms with Crippen molar-refractivity contribution in [3.63, 3.8) is 0 Å². The summed E-state index contributed by atoms with van der Waals surface area (Å²) in [5, 5.41) is 18.5. The van der Waals surface area contributed by atoms with Crippen LogP contribution in [0.2, 0.25) is 0 Å². The minimum Gasteiger partial charge on any atom is -0.504 e. The van der Waals surface area contributed by atoms with Crippen LogP contribution < -0.4 is 4.74 Å². The molecule has 0 bridgehead atoms. The molecule has 6 nitrogen and oxygen atoms in total. The van der Waals surface area contributed by atoms with E-state index in [4.69, 9.17) is 9.15 Å². The normalized spacial score (nSPS) is 14.5. The van der Waals surface area contributed by atoms with Gasteiger partial charge in [-0.3, -0.25) is 4.90 Å². The van der Waals surface area contributed by atoms with E-state index in [9.17, 15) is 5.11 Å². The maximum atomic E-state index is 10.5. The number of rotatable bonds is 3. The molecule has 0 fully saturated rings. The van der Waals surface area contributed by atoms with Gasteiger partial charge in [0.15, 0.2) is 11.5 Å². The molecule has 1 aliphatic rings. The van der Waals surface area contributed by atoms with E-state index in [1.54, 1.807) is 13.0 Å². The van der Waals surface area contributed by atoms with Crippen LogP contribution in [0.1, 0.15) is 22.9 Å². The number of aromatic nitrogens is 2. The molecule has 134 valence electrons. The fourth-order valence-corrected chi connectivity index (χ4v) is 3.33. The van der Waals surface area contributed by atoms with E-state index in [0.717, 1.165) is 23.2 Å². The summed E-state index contributed by atoms with van der Waals surface area (Å²) in [4.78, 5) is 2.18. The van der Waals surface area contributed by atoms with Crippen molar-refractivity contribution in [2.45, 2.75) is 26.9 Å². The van der Waals surface area contributed by atoms with E-state index >= 15 is 0 Å². The van der Waals surface area contributed by atoms with Gasteiger partial charge in [-0.25, -0.2) is 0 Å². The van der Waals surface area contributed by atoms with Crippen LogP contribution in [0.25, 0.3) is 11.1 Å². The van der Waals surface area contributed by atoms with Gasteiger partial charge in [0.25, 0.3) is 0 Å². The Balaban J connectivity index is 1.66. The highest BCUT2D eigenvalue weighted by molar-refractivity contribution is 5.71. The highest BCUT2D eigenvalue weighted by atomic mass is 16.5. The van der Waals surface area contributed by atoms with Gasteiger partial charge in [-0.05, 0) is 35.7 Å². The van der Waals surface area contributed by atoms with Gasteiger partial charge in [0, 0.05) is 25.6 Å². The van der Waals surface area contributed by atoms with Gasteiger partial charge < -0.3 is 14.3 Å². The molecule has 0 aliphatic carbocycles. The number of benzene rings is 2. The molecule has 0 spiro atoms. The van der Waals surface area contributed by atoms with Crippen LogP contribution in [0, 0.1) is 13.8 Å². The third-order valence-corrected chi connectivity index (χ3v) is 4.58. The van der Waals surface area contributed by atoms with Gasteiger partial charge in [0.05, 0.1) is 6.54 Å². The third kappa shape index (κ3) is 3.28. The molecule has 0 unspecified atom stereocenters. The predicted molar refractivity (Wildman–Crippen MR) is 96.9 cm³/mol. The van der Waals surface area contributed by atoms with Crippen molar-refractivity contribution in [3.8, 4) is 22.6 Å². The monoisotopic (exact) mass is 351 g/mol. The van der Waals surface area contributed by atoms with E-state index < -0.39 is 0 Å². The molecule has 2 aromatic carbocycles. The van der Waals surface area contributed by atoms with E-state index in [-0.39, 0.29) is 5.75 Å². The molecule has 4 rings (SSSR count). The van der Waals surface area contributed by atoms with E-state index in [2.05, 4.69) is 40.2 Å². The Morgan fingerprint density at radius 2 is 2.00 bits per heavy atom. The first kappa shape index (κ1) is 16.6. The summed E-state index contributed by atoms with van der Waals surface area (Å²) in [6.45, 7) is 6.26. The Labute approximate surface area is 152 Å². The lowest BCUT2D eigenvalue weighted by Crippen LogP contribution is -2.25. The summed E-state index contributed by atoms with van der Waals surface area (Å²) < 4.78 is 11.3. The second-order valence-corrected chi connectivity index (χ2v) is 6.57. The fraction of sp³-hybridized carbons (Fsp3) is 0.300. The first-order valence-corrected chi connectivity index (χ1v) is 8.66. The molecule has 26 heavy (non-hydrogen) atoms. The van der Waals surface area contributed by atoms with Gasteiger partial charge in [0.1, 0.15) is 6.61 Å². The van der Waals surface area contributed by atoms with Crippen molar-refractivity contribution in [2.24, 2.45) is 0 Å². The molecule has 0 saturated heterocycles. The second-order valence-electron chi connectivity index (χ2n) is 6.57. The molecule has 2 heterocycles. The average molecular weight is 351 g/mol. The zero-order valence-corrected chi connectivity index (χ0v) is 14.9. The Morgan fingerprint density at radius 3 is 2.77 bits per heavy atom. The van der Waals surface area contributed by atoms with Crippen molar-refractivity contribution < 1.29 is 14.3 Å². The molecule has 0 saturated carbocycles. The molecule has 3 aromatic rings. The first-order chi connectivity index (χ1) is 12.6. The second kappa shape index (κ2) is 6.80. The number of phenols is 1. The molecule has 1 aliphatic heterocycles. The number of aromatic hydroxyl groups is 1. The minimum atomic E-state index is 0.177. The van der Waals surface area contributed by atoms with Gasteiger partial charge in [-0.15, -0.1) is 10.2 Å². The number of aryl methyl sites for hydroxylation is 2. The van der Waals surface area contributed by atoms with Crippen molar-refractivity contribution in [1.82, 2.24) is 15.1 Å². The van der Waals surface area contributed by atoms with Gasteiger partial charge in [-0.2, -0.15) is 0 Å². The maximum Gasteiger partial charge on any atom is 0.230 e. The van der Waals surface area contributed by atoms with Crippen molar-refractivity contribution in [1.29, 1.82) is 0 Å². The smallest absolute Gasteiger partial charge is 0.230 e. The number of phenolic OH excluding ortho intramolecular Hbond substituents is 1. The van der Waals surface area contributed by atoms with Gasteiger partial charge >= 0.3 is 0 Å². The van der Waals surface area contributed by atoms with Crippen LogP contribution in [-0.2, 0) is 13.1 Å². The number of hydrogen-bond acceptors (Lipinski definition) is 6. The Bertz CT molecular complexity index is 936. The topological polar surface area (TPSA) is 71.6 Å². The highest BCUT2D eigenvalue weighted by Crippen LogP contribution is 2.38. The van der Waals surface area contributed by atoms with Gasteiger partial charge in [-0.1, -0.05) is 24.3 Å². The molecule has 0 atom stereocenters. The molecular weight excluding hydrogens is 330 g/mol. The van der Waals surface area contributed by atoms with Crippen LogP contribution in [0.5, 0.6) is 11.5 Å². The lowest BCUT2D eigenvalue weighted by atomic mass is 9.98. The van der Waals surface area contributed by atoms with Crippen molar-refractivity contribution in [2.75, 3.05) is 13.2 Å². The van der Waals surface area contributed by atoms with Crippen LogP contribution in [0.15, 0.2) is 40.8 Å². The molecule has 6 heteroatoms. The average Bonchev–Trinajstić information content (AvgIpc) is 2.90. The largest absolute Gasteiger partial charge is 0.504 e. The summed E-state index contributed by atoms with van der Waals surface area (Å²) >= 11 is 0. The summed E-state index contributed by atoms with van der Waals surface area (Å²) in [6.07, 6.45) is 0. The maximum absolute atomic E-state index is 10.5. The standard InChI is InChI=1S/C20H21N3O3/c1-13-5-3-4-6-17(13)15-9-16-11-23(12-19-22-21-14(2)26-19)7-8-25-20(16)18(24)10-15/h3-6,9-10,24H,7-8,11-12H2,1-2H3. The van der Waals surface area contributed by atoms with Gasteiger partial charge in [0.2, 0.25) is 11.8 Å². The summed E-state index contributed by atoms with van der Waals surface area (Å²) in [7, 11) is 0. The van der Waals surface area contributed by atoms with Crippen molar-refractivity contribution in [3.05, 3.63) is 59.3 Å². The first-order valence-electron chi connectivity index (χ1n) is 8.66. The van der Waals surface area contributed by atoms with Crippen LogP contribution in [-0.4, -0.2) is 33.4 Å². The molecule has 0 amide bonds. The quantitative estimate of drug-likeness (QED) is 0.779. The predicted octanol–water partition coefficient (Wildman–Crippen LogP) is 3.45. The fourth-order valence-electron chi connectivity index (χ4n) is 3.33. The Morgan fingerprint density at radius 1 is 1.15 bits per heavy atom. The lowest BCUT2D eigenvalue weighted by molar-refractivity contribution is 0.201. The molecule has 0 radical (unpaired) electrons. The number of fused-ring (bicyclic) bond motifs is 1. The molecule has 1 N–H and O–H groups in total. The molecule has 1 aromatic heterocycles. The minimum absolute atomic E-state index is 0.177. The zero-order valence-electron chi connectivity index (χ0n) is 14.9. The Hall–Kier alpha value is -2.86. The lowest BCUT2D eigenvalue weighted by Gasteiger charge is -2.17. The zero-order chi connectivity index (χ0) is 18.1. The summed E-state index contributed by atoms with van der Waals surface area (Å²) in [6, 6.07) is 12.0. The third-order valence-electron chi connectivity index (χ3n) is 4.58. The SMILES string of the molecule is Cc1nnc(CN2CCOc3c(O)cc(-c4ccccc4C)cc3C2)o1. The van der Waals surface area contributed by atoms with E-state index in [1.165, 1.54) is 5.56 Å². The Kier molecular flexibility index (Phi) is 4.34. The van der Waals surface area contributed by atoms with E-state index in [0.29, 0.717) is 37.2 Å². The number of hydrogen-bond donors (Lipinski definition) is 1.